The van der Waals surface area contributed by atoms with Crippen molar-refractivity contribution in [2.75, 3.05) is 5.75 Å². The van der Waals surface area contributed by atoms with Crippen molar-refractivity contribution in [3.8, 4) is 0 Å². The van der Waals surface area contributed by atoms with Crippen molar-refractivity contribution in [3.05, 3.63) is 39.9 Å². The lowest BCUT2D eigenvalue weighted by Crippen LogP contribution is -2.10. The first-order valence-corrected chi connectivity index (χ1v) is 7.82. The van der Waals surface area contributed by atoms with Gasteiger partial charge in [0.2, 0.25) is 0 Å². The third kappa shape index (κ3) is 3.96. The van der Waals surface area contributed by atoms with Gasteiger partial charge in [-0.2, -0.15) is 0 Å². The van der Waals surface area contributed by atoms with E-state index in [1.54, 1.807) is 6.92 Å². The molecular formula is C12H12Cl2O4S. The van der Waals surface area contributed by atoms with Crippen LogP contribution in [0.3, 0.4) is 0 Å². The Labute approximate surface area is 121 Å². The highest BCUT2D eigenvalue weighted by Gasteiger charge is 2.19. The van der Waals surface area contributed by atoms with Gasteiger partial charge in [0.05, 0.1) is 16.2 Å². The summed E-state index contributed by atoms with van der Waals surface area (Å²) in [5, 5.41) is 9.03. The first-order valence-electron chi connectivity index (χ1n) is 5.35. The van der Waals surface area contributed by atoms with E-state index < -0.39 is 21.6 Å². The molecule has 4 nitrogen and oxygen atoms in total. The molecule has 1 rings (SSSR count). The Morgan fingerprint density at radius 3 is 2.53 bits per heavy atom. The molecule has 0 atom stereocenters. The highest BCUT2D eigenvalue weighted by molar-refractivity contribution is 7.91. The maximum absolute atomic E-state index is 12.0. The molecule has 7 heteroatoms. The van der Waals surface area contributed by atoms with Crippen LogP contribution in [0.2, 0.25) is 0 Å². The first-order chi connectivity index (χ1) is 8.81. The summed E-state index contributed by atoms with van der Waals surface area (Å²) >= 11 is 10.9. The second kappa shape index (κ2) is 6.41. The quantitative estimate of drug-likeness (QED) is 0.904. The molecule has 0 saturated heterocycles. The van der Waals surface area contributed by atoms with Crippen LogP contribution in [-0.2, 0) is 16.3 Å². The molecule has 104 valence electrons. The zero-order valence-corrected chi connectivity index (χ0v) is 12.4. The smallest absolute Gasteiger partial charge is 0.336 e. The number of rotatable bonds is 5. The van der Waals surface area contributed by atoms with Crippen LogP contribution < -0.4 is 0 Å². The Hall–Kier alpha value is -1.04. The number of benzene rings is 1. The lowest BCUT2D eigenvalue weighted by atomic mass is 10.1. The molecule has 0 radical (unpaired) electrons. The van der Waals surface area contributed by atoms with Gasteiger partial charge in [-0.15, -0.1) is 0 Å². The van der Waals surface area contributed by atoms with E-state index in [2.05, 4.69) is 0 Å². The van der Waals surface area contributed by atoms with E-state index >= 15 is 0 Å². The number of halogens is 2. The zero-order chi connectivity index (χ0) is 14.6. The molecule has 0 spiro atoms. The normalized spacial score (nSPS) is 12.5. The lowest BCUT2D eigenvalue weighted by molar-refractivity contribution is 0.0695. The van der Waals surface area contributed by atoms with Gasteiger partial charge < -0.3 is 5.11 Å². The molecule has 0 aliphatic rings. The molecule has 0 bridgehead atoms. The number of aryl methyl sites for hydroxylation is 1. The summed E-state index contributed by atoms with van der Waals surface area (Å²) in [5.74, 6) is -1.62. The maximum atomic E-state index is 12.0. The number of aromatic carboxylic acids is 1. The molecule has 1 N–H and O–H groups in total. The minimum absolute atomic E-state index is 0.0189. The van der Waals surface area contributed by atoms with Gasteiger partial charge in [0.25, 0.3) is 0 Å². The average molecular weight is 323 g/mol. The van der Waals surface area contributed by atoms with E-state index in [4.69, 9.17) is 28.3 Å². The summed E-state index contributed by atoms with van der Waals surface area (Å²) in [6, 6.07) is 4.02. The van der Waals surface area contributed by atoms with Crippen molar-refractivity contribution < 1.29 is 18.3 Å². The van der Waals surface area contributed by atoms with E-state index in [-0.39, 0.29) is 15.5 Å². The predicted octanol–water partition coefficient (Wildman–Crippen LogP) is 3.04. The van der Waals surface area contributed by atoms with Crippen LogP contribution in [-0.4, -0.2) is 25.2 Å². The molecule has 0 heterocycles. The van der Waals surface area contributed by atoms with E-state index in [1.165, 1.54) is 12.1 Å². The fourth-order valence-electron chi connectivity index (χ4n) is 1.55. The number of hydrogen-bond donors (Lipinski definition) is 1. The van der Waals surface area contributed by atoms with E-state index in [1.807, 2.05) is 0 Å². The largest absolute Gasteiger partial charge is 0.478 e. The maximum Gasteiger partial charge on any atom is 0.336 e. The molecule has 0 aromatic heterocycles. The first kappa shape index (κ1) is 16.0. The van der Waals surface area contributed by atoms with Crippen molar-refractivity contribution >= 4 is 39.0 Å². The van der Waals surface area contributed by atoms with Gasteiger partial charge in [0.15, 0.2) is 9.84 Å². The molecular weight excluding hydrogens is 311 g/mol. The minimum Gasteiger partial charge on any atom is -0.478 e. The third-order valence-corrected chi connectivity index (χ3v) is 4.94. The summed E-state index contributed by atoms with van der Waals surface area (Å²) in [4.78, 5) is 11.0. The van der Waals surface area contributed by atoms with Crippen molar-refractivity contribution in [2.24, 2.45) is 0 Å². The monoisotopic (exact) mass is 322 g/mol. The Morgan fingerprint density at radius 1 is 1.42 bits per heavy atom. The van der Waals surface area contributed by atoms with Crippen LogP contribution in [0, 0.1) is 0 Å². The van der Waals surface area contributed by atoms with E-state index in [0.29, 0.717) is 12.0 Å². The SMILES string of the molecule is CCc1ccc(S(=O)(=O)C/C(Cl)=C/Cl)cc1C(=O)O. The fourth-order valence-corrected chi connectivity index (χ4v) is 3.34. The number of hydrogen-bond acceptors (Lipinski definition) is 3. The van der Waals surface area contributed by atoms with Crippen LogP contribution in [0.1, 0.15) is 22.8 Å². The summed E-state index contributed by atoms with van der Waals surface area (Å²) in [7, 11) is -3.70. The van der Waals surface area contributed by atoms with Crippen molar-refractivity contribution in [2.45, 2.75) is 18.2 Å². The highest BCUT2D eigenvalue weighted by Crippen LogP contribution is 2.20. The number of sulfone groups is 1. The summed E-state index contributed by atoms with van der Waals surface area (Å²) < 4.78 is 24.0. The van der Waals surface area contributed by atoms with Crippen LogP contribution in [0.4, 0.5) is 0 Å². The van der Waals surface area contributed by atoms with Crippen molar-refractivity contribution in [1.29, 1.82) is 0 Å². The van der Waals surface area contributed by atoms with Crippen LogP contribution >= 0.6 is 23.2 Å². The molecule has 1 aromatic carbocycles. The Bertz CT molecular complexity index is 621. The Morgan fingerprint density at radius 2 is 2.05 bits per heavy atom. The molecule has 0 fully saturated rings. The molecule has 0 aliphatic carbocycles. The number of carboxylic acids is 1. The van der Waals surface area contributed by atoms with Crippen LogP contribution in [0.15, 0.2) is 33.7 Å². The predicted molar refractivity (Wildman–Crippen MR) is 74.6 cm³/mol. The molecule has 0 aliphatic heterocycles. The minimum atomic E-state index is -3.70. The molecule has 0 unspecified atom stereocenters. The van der Waals surface area contributed by atoms with Gasteiger partial charge in [-0.3, -0.25) is 0 Å². The summed E-state index contributed by atoms with van der Waals surface area (Å²) in [5.41, 5.74) is 1.53. The second-order valence-corrected chi connectivity index (χ2v) is 6.49. The topological polar surface area (TPSA) is 71.4 Å². The standard InChI is InChI=1S/C12H12Cl2O4S/c1-2-8-3-4-10(5-11(8)12(15)16)19(17,18)7-9(14)6-13/h3-6H,2,7H2,1H3,(H,15,16)/b9-6-. The average Bonchev–Trinajstić information content (AvgIpc) is 2.37. The summed E-state index contributed by atoms with van der Waals surface area (Å²) in [6.07, 6.45) is 0.504. The van der Waals surface area contributed by atoms with Gasteiger partial charge in [-0.25, -0.2) is 13.2 Å². The second-order valence-electron chi connectivity index (χ2n) is 3.79. The van der Waals surface area contributed by atoms with Crippen molar-refractivity contribution in [3.63, 3.8) is 0 Å². The molecule has 0 amide bonds. The Balaban J connectivity index is 3.29. The van der Waals surface area contributed by atoms with Gasteiger partial charge >= 0.3 is 5.97 Å². The molecule has 1 aromatic rings. The zero-order valence-electron chi connectivity index (χ0n) is 10.1. The van der Waals surface area contributed by atoms with Gasteiger partial charge in [0.1, 0.15) is 0 Å². The third-order valence-electron chi connectivity index (χ3n) is 2.50. The summed E-state index contributed by atoms with van der Waals surface area (Å²) in [6.45, 7) is 1.79. The van der Waals surface area contributed by atoms with Gasteiger partial charge in [-0.05, 0) is 24.1 Å². The van der Waals surface area contributed by atoms with Gasteiger partial charge in [-0.1, -0.05) is 36.2 Å². The van der Waals surface area contributed by atoms with Crippen LogP contribution in [0.5, 0.6) is 0 Å². The number of carboxylic acid groups (broad SMARTS) is 1. The number of carbonyl (C=O) groups is 1. The van der Waals surface area contributed by atoms with Gasteiger partial charge in [0, 0.05) is 10.6 Å². The van der Waals surface area contributed by atoms with E-state index in [0.717, 1.165) is 11.6 Å². The highest BCUT2D eigenvalue weighted by atomic mass is 35.5. The van der Waals surface area contributed by atoms with Crippen molar-refractivity contribution in [1.82, 2.24) is 0 Å². The molecule has 0 saturated carbocycles. The fraction of sp³-hybridized carbons (Fsp3) is 0.250. The molecule has 19 heavy (non-hydrogen) atoms. The Kier molecular flexibility index (Phi) is 5.40. The van der Waals surface area contributed by atoms with E-state index in [9.17, 15) is 13.2 Å². The van der Waals surface area contributed by atoms with Crippen LogP contribution in [0.25, 0.3) is 0 Å². The lowest BCUT2D eigenvalue weighted by Gasteiger charge is -2.08.